The Bertz CT molecular complexity index is 807. The molecule has 0 saturated heterocycles. The van der Waals surface area contributed by atoms with Gasteiger partial charge in [-0.15, -0.1) is 23.1 Å². The van der Waals surface area contributed by atoms with Gasteiger partial charge in [-0.25, -0.2) is 9.97 Å². The first-order valence-corrected chi connectivity index (χ1v) is 8.54. The number of hydrogen-bond donors (Lipinski definition) is 2. The van der Waals surface area contributed by atoms with Gasteiger partial charge < -0.3 is 10.8 Å². The Morgan fingerprint density at radius 2 is 2.09 bits per heavy atom. The lowest BCUT2D eigenvalue weighted by Gasteiger charge is -1.99. The SMILES string of the molecule is Nc1ccc(-c2nc3ccc(SCCCO)cc3s2)nc1[18F]. The third-order valence-corrected chi connectivity index (χ3v) is 5.15. The molecule has 0 unspecified atom stereocenters. The highest BCUT2D eigenvalue weighted by molar-refractivity contribution is 7.99. The molecule has 2 heterocycles. The molecular formula is C15H14FN3OS2. The maximum absolute atomic E-state index is 13.5. The van der Waals surface area contributed by atoms with Crippen LogP contribution in [-0.2, 0) is 0 Å². The third-order valence-electron chi connectivity index (χ3n) is 3.03. The molecule has 3 N–H and O–H groups in total. The molecule has 4 nitrogen and oxygen atoms in total. The van der Waals surface area contributed by atoms with Crippen LogP contribution in [0.15, 0.2) is 35.2 Å². The highest BCUT2D eigenvalue weighted by Gasteiger charge is 2.10. The van der Waals surface area contributed by atoms with E-state index >= 15 is 0 Å². The van der Waals surface area contributed by atoms with E-state index in [-0.39, 0.29) is 12.3 Å². The van der Waals surface area contributed by atoms with E-state index in [1.165, 1.54) is 17.4 Å². The van der Waals surface area contributed by atoms with Gasteiger partial charge in [0.2, 0.25) is 5.95 Å². The molecule has 0 aliphatic rings. The topological polar surface area (TPSA) is 72.0 Å². The van der Waals surface area contributed by atoms with Gasteiger partial charge in [0.15, 0.2) is 0 Å². The van der Waals surface area contributed by atoms with Crippen LogP contribution < -0.4 is 5.73 Å². The summed E-state index contributed by atoms with van der Waals surface area (Å²) in [6.45, 7) is 0.203. The summed E-state index contributed by atoms with van der Waals surface area (Å²) in [5.74, 6) is 0.204. The summed E-state index contributed by atoms with van der Waals surface area (Å²) in [5, 5.41) is 9.49. The van der Waals surface area contributed by atoms with Crippen molar-refractivity contribution in [3.05, 3.63) is 36.3 Å². The van der Waals surface area contributed by atoms with Crippen LogP contribution in [0.25, 0.3) is 20.9 Å². The molecule has 0 bridgehead atoms. The van der Waals surface area contributed by atoms with Crippen molar-refractivity contribution in [2.45, 2.75) is 11.3 Å². The number of rotatable bonds is 5. The number of nitrogens with two attached hydrogens (primary N) is 1. The van der Waals surface area contributed by atoms with Gasteiger partial charge in [-0.1, -0.05) is 0 Å². The average molecular weight is 334 g/mol. The largest absolute Gasteiger partial charge is 0.396 e. The normalized spacial score (nSPS) is 11.2. The van der Waals surface area contributed by atoms with Gasteiger partial charge in [-0.3, -0.25) is 0 Å². The number of halogens is 1. The molecule has 0 aliphatic heterocycles. The van der Waals surface area contributed by atoms with E-state index in [9.17, 15) is 4.39 Å². The maximum Gasteiger partial charge on any atom is 0.236 e. The predicted molar refractivity (Wildman–Crippen MR) is 89.6 cm³/mol. The van der Waals surface area contributed by atoms with Crippen molar-refractivity contribution in [3.63, 3.8) is 0 Å². The molecule has 3 aromatic rings. The minimum Gasteiger partial charge on any atom is -0.396 e. The number of hydrogen-bond acceptors (Lipinski definition) is 6. The molecule has 22 heavy (non-hydrogen) atoms. The van der Waals surface area contributed by atoms with Crippen molar-refractivity contribution in [1.29, 1.82) is 0 Å². The quantitative estimate of drug-likeness (QED) is 0.424. The number of aliphatic hydroxyl groups excluding tert-OH is 1. The molecule has 114 valence electrons. The van der Waals surface area contributed by atoms with E-state index < -0.39 is 5.95 Å². The lowest BCUT2D eigenvalue weighted by Crippen LogP contribution is -1.94. The Morgan fingerprint density at radius 3 is 2.86 bits per heavy atom. The van der Waals surface area contributed by atoms with Crippen LogP contribution in [0.5, 0.6) is 0 Å². The number of benzene rings is 1. The molecule has 0 aliphatic carbocycles. The number of nitrogen functional groups attached to an aromatic ring is 1. The molecule has 0 amide bonds. The van der Waals surface area contributed by atoms with Crippen LogP contribution in [0.1, 0.15) is 6.42 Å². The van der Waals surface area contributed by atoms with Crippen LogP contribution in [0, 0.1) is 5.95 Å². The van der Waals surface area contributed by atoms with Crippen LogP contribution in [0.4, 0.5) is 10.1 Å². The highest BCUT2D eigenvalue weighted by atomic mass is 32.2. The number of anilines is 1. The molecule has 0 atom stereocenters. The predicted octanol–water partition coefficient (Wildman–Crippen LogP) is 3.55. The fraction of sp³-hybridized carbons (Fsp3) is 0.200. The Labute approximate surface area is 135 Å². The van der Waals surface area contributed by atoms with Gasteiger partial charge in [0.05, 0.1) is 15.9 Å². The van der Waals surface area contributed by atoms with Gasteiger partial charge in [0, 0.05) is 17.3 Å². The molecule has 0 radical (unpaired) electrons. The van der Waals surface area contributed by atoms with E-state index in [2.05, 4.69) is 16.0 Å². The number of thioether (sulfide) groups is 1. The van der Waals surface area contributed by atoms with Crippen LogP contribution >= 0.6 is 23.1 Å². The molecule has 1 aromatic carbocycles. The first kappa shape index (κ1) is 15.2. The first-order chi connectivity index (χ1) is 10.7. The Hall–Kier alpha value is -1.70. The van der Waals surface area contributed by atoms with E-state index in [0.717, 1.165) is 27.3 Å². The van der Waals surface area contributed by atoms with Gasteiger partial charge in [-0.2, -0.15) is 4.39 Å². The second-order valence-electron chi connectivity index (χ2n) is 4.65. The lowest BCUT2D eigenvalue weighted by atomic mass is 10.3. The van der Waals surface area contributed by atoms with Crippen molar-refractivity contribution >= 4 is 39.0 Å². The summed E-state index contributed by atoms with van der Waals surface area (Å²) in [6.07, 6.45) is 0.769. The Morgan fingerprint density at radius 1 is 1.23 bits per heavy atom. The number of fused-ring (bicyclic) bond motifs is 1. The minimum absolute atomic E-state index is 0.0347. The van der Waals surface area contributed by atoms with Crippen molar-refractivity contribution in [2.75, 3.05) is 18.1 Å². The summed E-state index contributed by atoms with van der Waals surface area (Å²) < 4.78 is 14.5. The second-order valence-corrected chi connectivity index (χ2v) is 6.85. The van der Waals surface area contributed by atoms with Crippen molar-refractivity contribution < 1.29 is 9.50 Å². The highest BCUT2D eigenvalue weighted by Crippen LogP contribution is 2.32. The fourth-order valence-electron chi connectivity index (χ4n) is 1.92. The summed E-state index contributed by atoms with van der Waals surface area (Å²) in [4.78, 5) is 9.47. The summed E-state index contributed by atoms with van der Waals surface area (Å²) >= 11 is 3.17. The molecule has 0 spiro atoms. The third kappa shape index (κ3) is 3.21. The monoisotopic (exact) mass is 334 g/mol. The number of nitrogens with zero attached hydrogens (tertiary/aromatic N) is 2. The zero-order valence-electron chi connectivity index (χ0n) is 11.6. The van der Waals surface area contributed by atoms with Crippen LogP contribution in [0.3, 0.4) is 0 Å². The van der Waals surface area contributed by atoms with Gasteiger partial charge in [-0.05, 0) is 36.8 Å². The molecule has 7 heteroatoms. The second kappa shape index (κ2) is 6.60. The number of aromatic nitrogens is 2. The fourth-order valence-corrected chi connectivity index (χ4v) is 3.85. The number of pyridine rings is 1. The number of thiazole rings is 1. The van der Waals surface area contributed by atoms with Gasteiger partial charge >= 0.3 is 0 Å². The number of aliphatic hydroxyl groups is 1. The summed E-state index contributed by atoms with van der Waals surface area (Å²) in [7, 11) is 0. The average Bonchev–Trinajstić information content (AvgIpc) is 2.93. The van der Waals surface area contributed by atoms with E-state index in [0.29, 0.717) is 10.7 Å². The van der Waals surface area contributed by atoms with Gasteiger partial charge in [0.25, 0.3) is 0 Å². The lowest BCUT2D eigenvalue weighted by molar-refractivity contribution is 0.296. The van der Waals surface area contributed by atoms with Crippen molar-refractivity contribution in [1.82, 2.24) is 9.97 Å². The van der Waals surface area contributed by atoms with E-state index in [1.807, 2.05) is 12.1 Å². The Kier molecular flexibility index (Phi) is 4.56. The van der Waals surface area contributed by atoms with Crippen molar-refractivity contribution in [3.8, 4) is 10.7 Å². The molecule has 0 fully saturated rings. The molecule has 3 rings (SSSR count). The first-order valence-electron chi connectivity index (χ1n) is 6.74. The molecule has 0 saturated carbocycles. The zero-order chi connectivity index (χ0) is 15.5. The van der Waals surface area contributed by atoms with Gasteiger partial charge in [0.1, 0.15) is 10.7 Å². The summed E-state index contributed by atoms with van der Waals surface area (Å²) in [6, 6.07) is 9.19. The zero-order valence-corrected chi connectivity index (χ0v) is 13.3. The minimum atomic E-state index is -0.669. The molecule has 2 aromatic heterocycles. The molecular weight excluding hydrogens is 320 g/mol. The van der Waals surface area contributed by atoms with E-state index in [4.69, 9.17) is 10.8 Å². The van der Waals surface area contributed by atoms with E-state index in [1.54, 1.807) is 17.8 Å². The maximum atomic E-state index is 13.5. The van der Waals surface area contributed by atoms with Crippen LogP contribution in [-0.4, -0.2) is 27.4 Å². The van der Waals surface area contributed by atoms with Crippen LogP contribution in [0.2, 0.25) is 0 Å². The Balaban J connectivity index is 1.90. The standard InChI is InChI=1S/C15H14FN3OS2/c16-14-10(17)3-5-12(18-14)15-19-11-4-2-9(8-13(11)22-15)21-7-1-6-20/h2-5,8,20H,1,6-7,17H2/i16-1. The summed E-state index contributed by atoms with van der Waals surface area (Å²) in [5.41, 5.74) is 6.83. The smallest absolute Gasteiger partial charge is 0.236 e. The van der Waals surface area contributed by atoms with Crippen molar-refractivity contribution in [2.24, 2.45) is 0 Å².